The van der Waals surface area contributed by atoms with Crippen molar-refractivity contribution in [1.29, 1.82) is 0 Å². The number of hydrogen-bond donors (Lipinski definition) is 0. The number of carbonyl (C=O) groups excluding carboxylic acids is 1. The summed E-state index contributed by atoms with van der Waals surface area (Å²) in [6.45, 7) is 0.354. The number of alkyl halides is 2. The second-order valence-electron chi connectivity index (χ2n) is 5.91. The van der Waals surface area contributed by atoms with Crippen LogP contribution in [0.25, 0.3) is 0 Å². The lowest BCUT2D eigenvalue weighted by molar-refractivity contribution is 0.0755. The van der Waals surface area contributed by atoms with Crippen LogP contribution >= 0.6 is 27.7 Å². The summed E-state index contributed by atoms with van der Waals surface area (Å²) in [7, 11) is -3.39. The summed E-state index contributed by atoms with van der Waals surface area (Å²) in [6.07, 6.45) is 0. The first-order chi connectivity index (χ1) is 13.3. The van der Waals surface area contributed by atoms with E-state index in [4.69, 9.17) is 4.74 Å². The topological polar surface area (TPSA) is 63.7 Å². The van der Waals surface area contributed by atoms with Crippen molar-refractivity contribution in [2.24, 2.45) is 0 Å². The monoisotopic (exact) mass is 491 g/mol. The Kier molecular flexibility index (Phi) is 6.31. The molecule has 1 fully saturated rings. The van der Waals surface area contributed by atoms with E-state index in [1.807, 2.05) is 6.07 Å². The van der Waals surface area contributed by atoms with Crippen molar-refractivity contribution >= 4 is 43.4 Å². The zero-order valence-corrected chi connectivity index (χ0v) is 17.9. The van der Waals surface area contributed by atoms with Gasteiger partial charge in [-0.05, 0) is 30.3 Å². The van der Waals surface area contributed by atoms with Crippen LogP contribution in [0.4, 0.5) is 8.78 Å². The van der Waals surface area contributed by atoms with Gasteiger partial charge in [-0.15, -0.1) is 11.8 Å². The van der Waals surface area contributed by atoms with Gasteiger partial charge in [0, 0.05) is 22.3 Å². The van der Waals surface area contributed by atoms with E-state index in [1.54, 1.807) is 12.1 Å². The maximum atomic E-state index is 13.2. The van der Waals surface area contributed by atoms with Gasteiger partial charge in [-0.1, -0.05) is 28.1 Å². The number of amides is 1. The molecule has 1 aliphatic heterocycles. The average Bonchev–Trinajstić information content (AvgIpc) is 3.16. The second kappa shape index (κ2) is 8.38. The minimum atomic E-state index is -4.90. The van der Waals surface area contributed by atoms with E-state index < -0.39 is 31.8 Å². The SMILES string of the molecule is COc1ccc(Br)cc1C1SCCN1C(=O)c1ccccc1S(=O)(=O)C(F)F. The fourth-order valence-corrected chi connectivity index (χ4v) is 5.55. The van der Waals surface area contributed by atoms with E-state index in [0.717, 1.165) is 16.1 Å². The molecule has 1 amide bonds. The van der Waals surface area contributed by atoms with Crippen molar-refractivity contribution in [3.63, 3.8) is 0 Å². The molecule has 0 spiro atoms. The number of benzene rings is 2. The zero-order chi connectivity index (χ0) is 20.5. The Labute approximate surface area is 174 Å². The van der Waals surface area contributed by atoms with Gasteiger partial charge < -0.3 is 9.64 Å². The third kappa shape index (κ3) is 3.90. The van der Waals surface area contributed by atoms with Crippen molar-refractivity contribution in [1.82, 2.24) is 4.90 Å². The van der Waals surface area contributed by atoms with E-state index in [9.17, 15) is 22.0 Å². The molecule has 1 aliphatic rings. The number of hydrogen-bond acceptors (Lipinski definition) is 5. The molecular weight excluding hydrogens is 476 g/mol. The number of carbonyl (C=O) groups is 1. The number of nitrogens with zero attached hydrogens (tertiary/aromatic N) is 1. The minimum absolute atomic E-state index is 0.260. The van der Waals surface area contributed by atoms with Gasteiger partial charge in [-0.25, -0.2) is 8.42 Å². The van der Waals surface area contributed by atoms with Crippen LogP contribution in [0, 0.1) is 0 Å². The highest BCUT2D eigenvalue weighted by Crippen LogP contribution is 2.43. The number of thioether (sulfide) groups is 1. The van der Waals surface area contributed by atoms with Crippen molar-refractivity contribution in [2.45, 2.75) is 16.0 Å². The van der Waals surface area contributed by atoms with E-state index >= 15 is 0 Å². The van der Waals surface area contributed by atoms with E-state index in [1.165, 1.54) is 42.0 Å². The van der Waals surface area contributed by atoms with Crippen molar-refractivity contribution in [3.05, 3.63) is 58.1 Å². The number of rotatable bonds is 5. The molecule has 1 atom stereocenters. The van der Waals surface area contributed by atoms with Gasteiger partial charge in [0.2, 0.25) is 9.84 Å². The van der Waals surface area contributed by atoms with Gasteiger partial charge in [0.15, 0.2) is 0 Å². The van der Waals surface area contributed by atoms with Gasteiger partial charge in [-0.2, -0.15) is 8.78 Å². The van der Waals surface area contributed by atoms with Crippen molar-refractivity contribution in [3.8, 4) is 5.75 Å². The smallest absolute Gasteiger partial charge is 0.341 e. The molecule has 5 nitrogen and oxygen atoms in total. The van der Waals surface area contributed by atoms with Gasteiger partial charge in [0.05, 0.1) is 17.6 Å². The Hall–Kier alpha value is -1.65. The molecule has 0 aliphatic carbocycles. The molecule has 28 heavy (non-hydrogen) atoms. The maximum absolute atomic E-state index is 13.2. The number of ether oxygens (including phenoxy) is 1. The molecule has 10 heteroatoms. The molecule has 2 aromatic carbocycles. The van der Waals surface area contributed by atoms with E-state index in [2.05, 4.69) is 15.9 Å². The third-order valence-corrected chi connectivity index (χ3v) is 7.44. The molecular formula is C18H16BrF2NO4S2. The fourth-order valence-electron chi connectivity index (χ4n) is 2.98. The van der Waals surface area contributed by atoms with E-state index in [0.29, 0.717) is 18.0 Å². The Bertz CT molecular complexity index is 1000. The first kappa shape index (κ1) is 21.1. The van der Waals surface area contributed by atoms with Crippen molar-refractivity contribution in [2.75, 3.05) is 19.4 Å². The molecule has 2 aromatic rings. The summed E-state index contributed by atoms with van der Waals surface area (Å²) in [4.78, 5) is 14.0. The highest BCUT2D eigenvalue weighted by molar-refractivity contribution is 9.10. The Morgan fingerprint density at radius 3 is 2.68 bits per heavy atom. The quantitative estimate of drug-likeness (QED) is 0.622. The number of methoxy groups -OCH3 is 1. The lowest BCUT2D eigenvalue weighted by Gasteiger charge is -2.26. The predicted octanol–water partition coefficient (Wildman–Crippen LogP) is 4.34. The molecule has 0 bridgehead atoms. The van der Waals surface area contributed by atoms with Crippen LogP contribution in [0.3, 0.4) is 0 Å². The molecule has 150 valence electrons. The Balaban J connectivity index is 2.04. The van der Waals surface area contributed by atoms with Crippen LogP contribution in [0.2, 0.25) is 0 Å². The Morgan fingerprint density at radius 2 is 2.00 bits per heavy atom. The molecule has 0 aromatic heterocycles. The minimum Gasteiger partial charge on any atom is -0.496 e. The average molecular weight is 492 g/mol. The second-order valence-corrected chi connectivity index (χ2v) is 9.90. The lowest BCUT2D eigenvalue weighted by Crippen LogP contribution is -2.32. The van der Waals surface area contributed by atoms with Crippen LogP contribution in [-0.2, 0) is 9.84 Å². The largest absolute Gasteiger partial charge is 0.496 e. The van der Waals surface area contributed by atoms with Gasteiger partial charge in [0.1, 0.15) is 11.1 Å². The third-order valence-electron chi connectivity index (χ3n) is 4.27. The summed E-state index contributed by atoms with van der Waals surface area (Å²) >= 11 is 4.89. The fraction of sp³-hybridized carbons (Fsp3) is 0.278. The molecule has 1 saturated heterocycles. The first-order valence-electron chi connectivity index (χ1n) is 8.14. The van der Waals surface area contributed by atoms with Crippen LogP contribution < -0.4 is 4.74 Å². The van der Waals surface area contributed by atoms with Crippen LogP contribution in [0.5, 0.6) is 5.75 Å². The van der Waals surface area contributed by atoms with Crippen molar-refractivity contribution < 1.29 is 26.7 Å². The van der Waals surface area contributed by atoms with Crippen LogP contribution in [0.15, 0.2) is 51.8 Å². The molecule has 3 rings (SSSR count). The molecule has 0 N–H and O–H groups in total. The highest BCUT2D eigenvalue weighted by Gasteiger charge is 2.37. The maximum Gasteiger partial charge on any atom is 0.341 e. The van der Waals surface area contributed by atoms with Gasteiger partial charge >= 0.3 is 5.76 Å². The molecule has 1 heterocycles. The highest BCUT2D eigenvalue weighted by atomic mass is 79.9. The summed E-state index contributed by atoms with van der Waals surface area (Å²) in [5.41, 5.74) is 0.478. The van der Waals surface area contributed by atoms with Crippen LogP contribution in [-0.4, -0.2) is 44.4 Å². The summed E-state index contributed by atoms with van der Waals surface area (Å²) < 4.78 is 56.3. The Morgan fingerprint density at radius 1 is 1.29 bits per heavy atom. The molecule has 0 saturated carbocycles. The summed E-state index contributed by atoms with van der Waals surface area (Å²) in [5, 5.41) is -0.428. The number of halogens is 3. The first-order valence-corrected chi connectivity index (χ1v) is 11.5. The number of sulfone groups is 1. The van der Waals surface area contributed by atoms with Gasteiger partial charge in [0.25, 0.3) is 5.91 Å². The van der Waals surface area contributed by atoms with Gasteiger partial charge in [-0.3, -0.25) is 4.79 Å². The normalized spacial score (nSPS) is 17.2. The molecule has 1 unspecified atom stereocenters. The summed E-state index contributed by atoms with van der Waals surface area (Å²) in [6, 6.07) is 10.5. The lowest BCUT2D eigenvalue weighted by atomic mass is 10.1. The molecule has 0 radical (unpaired) electrons. The zero-order valence-electron chi connectivity index (χ0n) is 14.6. The van der Waals surface area contributed by atoms with Crippen LogP contribution in [0.1, 0.15) is 21.3 Å². The predicted molar refractivity (Wildman–Crippen MR) is 107 cm³/mol. The summed E-state index contributed by atoms with van der Waals surface area (Å²) in [5.74, 6) is -3.02. The van der Waals surface area contributed by atoms with E-state index in [-0.39, 0.29) is 5.56 Å². The standard InChI is InChI=1S/C18H16BrF2NO4S2/c1-26-14-7-6-11(19)10-13(14)17-22(8-9-27-17)16(23)12-4-2-3-5-15(12)28(24,25)18(20)21/h2-7,10,17-18H,8-9H2,1H3.